The molecule has 100 valence electrons. The lowest BCUT2D eigenvalue weighted by molar-refractivity contribution is -0.137. The molecule has 3 N–H and O–H groups in total. The Bertz CT molecular complexity index is 490. The molecule has 0 bridgehead atoms. The maximum atomic E-state index is 11.5. The summed E-state index contributed by atoms with van der Waals surface area (Å²) in [6.45, 7) is -1.91. The van der Waals surface area contributed by atoms with Crippen LogP contribution < -0.4 is 5.73 Å². The molecule has 0 fully saturated rings. The Hall–Kier alpha value is -1.20. The average Bonchev–Trinajstić information content (AvgIpc) is 1.95. The van der Waals surface area contributed by atoms with Gasteiger partial charge in [-0.15, -0.1) is 0 Å². The highest BCUT2D eigenvalue weighted by atomic mass is 32.3. The van der Waals surface area contributed by atoms with Crippen LogP contribution in [0.15, 0.2) is 0 Å². The maximum Gasteiger partial charge on any atom is 0.318 e. The Kier molecular flexibility index (Phi) is 5.04. The van der Waals surface area contributed by atoms with Crippen LogP contribution in [0.1, 0.15) is 0 Å². The summed E-state index contributed by atoms with van der Waals surface area (Å²) in [6.07, 6.45) is 0.674. The highest BCUT2D eigenvalue weighted by Gasteiger charge is 2.29. The smallest absolute Gasteiger partial charge is 0.318 e. The van der Waals surface area contributed by atoms with Crippen molar-refractivity contribution in [1.82, 2.24) is 4.31 Å². The van der Waals surface area contributed by atoms with E-state index in [-0.39, 0.29) is 4.31 Å². The molecule has 0 aromatic carbocycles. The lowest BCUT2D eigenvalue weighted by Crippen LogP contribution is -2.43. The summed E-state index contributed by atoms with van der Waals surface area (Å²) in [6, 6.07) is 0. The van der Waals surface area contributed by atoms with Crippen molar-refractivity contribution < 1.29 is 31.5 Å². The van der Waals surface area contributed by atoms with E-state index in [1.54, 1.807) is 0 Å². The molecule has 0 saturated carbocycles. The fourth-order valence-electron chi connectivity index (χ4n) is 0.922. The third-order valence-corrected chi connectivity index (χ3v) is 5.35. The number of sulfonamides is 1. The van der Waals surface area contributed by atoms with Crippen molar-refractivity contribution in [3.63, 3.8) is 0 Å². The van der Waals surface area contributed by atoms with Crippen LogP contribution in [0.25, 0.3) is 0 Å². The minimum Gasteiger partial charge on any atom is -0.480 e. The van der Waals surface area contributed by atoms with Crippen LogP contribution in [-0.2, 0) is 29.4 Å². The van der Waals surface area contributed by atoms with Crippen molar-refractivity contribution in [3.05, 3.63) is 0 Å². The highest BCUT2D eigenvalue weighted by molar-refractivity contribution is 8.06. The molecule has 0 aliphatic rings. The van der Waals surface area contributed by atoms with Crippen LogP contribution in [-0.4, -0.2) is 62.6 Å². The van der Waals surface area contributed by atoms with Crippen molar-refractivity contribution in [2.24, 2.45) is 5.73 Å². The molecule has 0 aliphatic heterocycles. The Morgan fingerprint density at radius 2 is 1.65 bits per heavy atom. The van der Waals surface area contributed by atoms with E-state index in [1.165, 1.54) is 0 Å². The van der Waals surface area contributed by atoms with Crippen molar-refractivity contribution >= 4 is 31.7 Å². The number of nitrogens with zero attached hydrogens (tertiary/aromatic N) is 1. The molecule has 1 amide bonds. The van der Waals surface area contributed by atoms with Gasteiger partial charge in [0.25, 0.3) is 0 Å². The summed E-state index contributed by atoms with van der Waals surface area (Å²) >= 11 is 0. The van der Waals surface area contributed by atoms with Gasteiger partial charge < -0.3 is 10.8 Å². The quantitative estimate of drug-likeness (QED) is 0.512. The van der Waals surface area contributed by atoms with E-state index in [1.807, 2.05) is 0 Å². The number of carboxylic acids is 1. The van der Waals surface area contributed by atoms with Crippen LogP contribution in [0.3, 0.4) is 0 Å². The SMILES string of the molecule is CS(=O)(=O)CS(=O)(=O)N(CC(N)=O)CC(=O)O. The zero-order chi connectivity index (χ0) is 13.9. The predicted octanol–water partition coefficient (Wildman–Crippen LogP) is -2.81. The van der Waals surface area contributed by atoms with Gasteiger partial charge in [0.05, 0.1) is 6.54 Å². The molecule has 17 heavy (non-hydrogen) atoms. The van der Waals surface area contributed by atoms with Gasteiger partial charge in [0.1, 0.15) is 6.54 Å². The molecular weight excluding hydrogens is 276 g/mol. The van der Waals surface area contributed by atoms with Gasteiger partial charge in [-0.1, -0.05) is 0 Å². The predicted molar refractivity (Wildman–Crippen MR) is 57.0 cm³/mol. The first-order valence-electron chi connectivity index (χ1n) is 4.09. The molecule has 0 aromatic rings. The molecule has 11 heteroatoms. The van der Waals surface area contributed by atoms with E-state index in [0.717, 1.165) is 0 Å². The zero-order valence-electron chi connectivity index (χ0n) is 8.86. The fraction of sp³-hybridized carbons (Fsp3) is 0.667. The van der Waals surface area contributed by atoms with Gasteiger partial charge in [0.2, 0.25) is 15.9 Å². The van der Waals surface area contributed by atoms with E-state index < -0.39 is 49.9 Å². The Labute approximate surface area is 98.2 Å². The van der Waals surface area contributed by atoms with Crippen molar-refractivity contribution in [1.29, 1.82) is 0 Å². The number of aliphatic carboxylic acids is 1. The van der Waals surface area contributed by atoms with Gasteiger partial charge in [0, 0.05) is 6.26 Å². The minimum atomic E-state index is -4.41. The number of hydrogen-bond donors (Lipinski definition) is 2. The Morgan fingerprint density at radius 1 is 1.18 bits per heavy atom. The van der Waals surface area contributed by atoms with E-state index in [2.05, 4.69) is 0 Å². The molecule has 0 unspecified atom stereocenters. The number of carboxylic acid groups (broad SMARTS) is 1. The topological polar surface area (TPSA) is 152 Å². The summed E-state index contributed by atoms with van der Waals surface area (Å²) < 4.78 is 44.9. The second-order valence-electron chi connectivity index (χ2n) is 3.28. The minimum absolute atomic E-state index is 0.207. The van der Waals surface area contributed by atoms with E-state index in [0.29, 0.717) is 6.26 Å². The van der Waals surface area contributed by atoms with Crippen LogP contribution in [0, 0.1) is 0 Å². The summed E-state index contributed by atoms with van der Waals surface area (Å²) in [4.78, 5) is 21.0. The molecule has 0 saturated heterocycles. The van der Waals surface area contributed by atoms with E-state index in [9.17, 15) is 26.4 Å². The summed E-state index contributed by atoms with van der Waals surface area (Å²) in [5, 5.41) is 7.17. The number of sulfone groups is 1. The number of rotatable bonds is 7. The molecule has 0 rings (SSSR count). The highest BCUT2D eigenvalue weighted by Crippen LogP contribution is 2.04. The lowest BCUT2D eigenvalue weighted by Gasteiger charge is -2.17. The molecular formula is C6H12N2O7S2. The molecule has 0 heterocycles. The van der Waals surface area contributed by atoms with Crippen molar-refractivity contribution in [2.75, 3.05) is 24.4 Å². The molecule has 0 spiro atoms. The second kappa shape index (κ2) is 5.42. The average molecular weight is 288 g/mol. The first-order chi connectivity index (χ1) is 7.44. The number of nitrogens with two attached hydrogens (primary N) is 1. The standard InChI is InChI=1S/C6H12N2O7S2/c1-16(12,13)4-17(14,15)8(2-5(7)9)3-6(10)11/h2-4H2,1H3,(H2,7,9)(H,10,11). The second-order valence-corrected chi connectivity index (χ2v) is 7.76. The summed E-state index contributed by atoms with van der Waals surface area (Å²) in [5.41, 5.74) is 4.74. The van der Waals surface area contributed by atoms with E-state index in [4.69, 9.17) is 10.8 Å². The van der Waals surface area contributed by atoms with Gasteiger partial charge in [-0.25, -0.2) is 16.8 Å². The van der Waals surface area contributed by atoms with Crippen LogP contribution in [0.5, 0.6) is 0 Å². The number of carbonyl (C=O) groups is 2. The molecule has 0 radical (unpaired) electrons. The molecule has 0 atom stereocenters. The third kappa shape index (κ3) is 6.86. The van der Waals surface area contributed by atoms with Gasteiger partial charge in [-0.3, -0.25) is 9.59 Å². The zero-order valence-corrected chi connectivity index (χ0v) is 10.5. The van der Waals surface area contributed by atoms with Crippen LogP contribution in [0.4, 0.5) is 0 Å². The number of primary amides is 1. The van der Waals surface area contributed by atoms with Gasteiger partial charge >= 0.3 is 5.97 Å². The van der Waals surface area contributed by atoms with Crippen molar-refractivity contribution in [3.8, 4) is 0 Å². The fourth-order valence-corrected chi connectivity index (χ4v) is 4.31. The van der Waals surface area contributed by atoms with Crippen molar-refractivity contribution in [2.45, 2.75) is 0 Å². The lowest BCUT2D eigenvalue weighted by atomic mass is 10.5. The summed E-state index contributed by atoms with van der Waals surface area (Å²) in [5.74, 6) is -2.60. The largest absolute Gasteiger partial charge is 0.480 e. The molecule has 0 aromatic heterocycles. The number of carbonyl (C=O) groups excluding carboxylic acids is 1. The maximum absolute atomic E-state index is 11.5. The Morgan fingerprint density at radius 3 is 1.94 bits per heavy atom. The normalized spacial score (nSPS) is 12.6. The van der Waals surface area contributed by atoms with Crippen LogP contribution >= 0.6 is 0 Å². The molecule has 9 nitrogen and oxygen atoms in total. The van der Waals surface area contributed by atoms with Gasteiger partial charge in [-0.2, -0.15) is 4.31 Å². The Balaban J connectivity index is 5.15. The first-order valence-corrected chi connectivity index (χ1v) is 7.76. The monoisotopic (exact) mass is 288 g/mol. The number of amides is 1. The van der Waals surface area contributed by atoms with Crippen LogP contribution in [0.2, 0.25) is 0 Å². The summed E-state index contributed by atoms with van der Waals surface area (Å²) in [7, 11) is -8.28. The van der Waals surface area contributed by atoms with E-state index >= 15 is 0 Å². The van der Waals surface area contributed by atoms with Gasteiger partial charge in [0.15, 0.2) is 14.9 Å². The third-order valence-electron chi connectivity index (χ3n) is 1.40. The first kappa shape index (κ1) is 15.8. The van der Waals surface area contributed by atoms with Gasteiger partial charge in [-0.05, 0) is 0 Å². The number of hydrogen-bond acceptors (Lipinski definition) is 6. The molecule has 0 aliphatic carbocycles.